The summed E-state index contributed by atoms with van der Waals surface area (Å²) in [6.07, 6.45) is 2.39. The normalized spacial score (nSPS) is 16.4. The van der Waals surface area contributed by atoms with Crippen LogP contribution in [0.2, 0.25) is 0 Å². The van der Waals surface area contributed by atoms with Gasteiger partial charge in [0, 0.05) is 25.1 Å². The first-order valence-corrected chi connectivity index (χ1v) is 9.67. The number of nitrogens with one attached hydrogen (secondary N) is 1. The number of aromatic amines is 1. The highest BCUT2D eigenvalue weighted by atomic mass is 19.1. The molecular weight excluding hydrogens is 385 g/mol. The van der Waals surface area contributed by atoms with Gasteiger partial charge in [0.05, 0.1) is 30.9 Å². The molecule has 2 aromatic heterocycles. The number of rotatable bonds is 5. The number of ether oxygens (including phenoxy) is 1. The summed E-state index contributed by atoms with van der Waals surface area (Å²) < 4.78 is 24.1. The van der Waals surface area contributed by atoms with E-state index in [1.165, 1.54) is 12.1 Å². The molecule has 7 nitrogen and oxygen atoms in total. The van der Waals surface area contributed by atoms with Gasteiger partial charge in [-0.15, -0.1) is 0 Å². The second kappa shape index (κ2) is 7.72. The molecule has 0 radical (unpaired) electrons. The molecule has 0 unspecified atom stereocenters. The van der Waals surface area contributed by atoms with Crippen molar-refractivity contribution in [1.82, 2.24) is 25.0 Å². The molecule has 0 saturated carbocycles. The Labute approximate surface area is 172 Å². The van der Waals surface area contributed by atoms with Crippen LogP contribution in [0.15, 0.2) is 59.4 Å². The third-order valence-electron chi connectivity index (χ3n) is 5.37. The van der Waals surface area contributed by atoms with Crippen molar-refractivity contribution in [3.8, 4) is 17.1 Å². The summed E-state index contributed by atoms with van der Waals surface area (Å²) in [7, 11) is 1.66. The number of nitrogens with zero attached hydrogens (tertiary/aromatic N) is 4. The Balaban J connectivity index is 1.44. The van der Waals surface area contributed by atoms with Crippen molar-refractivity contribution in [3.05, 3.63) is 83.5 Å². The quantitative estimate of drug-likeness (QED) is 0.542. The van der Waals surface area contributed by atoms with Crippen LogP contribution in [0.5, 0.6) is 5.75 Å². The van der Waals surface area contributed by atoms with E-state index in [0.29, 0.717) is 36.8 Å². The summed E-state index contributed by atoms with van der Waals surface area (Å²) in [6, 6.07) is 14.0. The van der Waals surface area contributed by atoms with E-state index in [4.69, 9.17) is 9.26 Å². The number of hydrogen-bond donors (Lipinski definition) is 1. The Morgan fingerprint density at radius 1 is 1.17 bits per heavy atom. The molecule has 0 saturated heterocycles. The largest absolute Gasteiger partial charge is 0.497 e. The molecule has 0 spiro atoms. The molecular formula is C22H20FN5O2. The van der Waals surface area contributed by atoms with Gasteiger partial charge in [0.1, 0.15) is 11.6 Å². The molecule has 2 aromatic carbocycles. The number of H-pyrrole nitrogens is 1. The zero-order chi connectivity index (χ0) is 20.5. The molecule has 4 aromatic rings. The standard InChI is InChI=1S/C22H20FN5O2/c1-29-17-8-2-14(3-9-17)11-28-12-19-18(24-13-25-19)10-20(28)22-26-21(27-30-22)15-4-6-16(23)7-5-15/h2-9,13,20H,10-12H2,1H3,(H,24,25)/t20-/m0/s1. The van der Waals surface area contributed by atoms with Gasteiger partial charge in [-0.25, -0.2) is 9.37 Å². The number of aromatic nitrogens is 4. The van der Waals surface area contributed by atoms with E-state index in [-0.39, 0.29) is 11.9 Å². The minimum absolute atomic E-state index is 0.107. The number of benzene rings is 2. The summed E-state index contributed by atoms with van der Waals surface area (Å²) in [4.78, 5) is 14.6. The minimum Gasteiger partial charge on any atom is -0.497 e. The molecule has 8 heteroatoms. The maximum atomic E-state index is 13.2. The SMILES string of the molecule is COc1ccc(CN2Cc3[nH]cnc3C[C@H]2c2nc(-c3ccc(F)cc3)no2)cc1. The Morgan fingerprint density at radius 3 is 2.73 bits per heavy atom. The van der Waals surface area contributed by atoms with Crippen LogP contribution in [0.25, 0.3) is 11.4 Å². The molecule has 0 bridgehead atoms. The van der Waals surface area contributed by atoms with Crippen LogP contribution >= 0.6 is 0 Å². The van der Waals surface area contributed by atoms with Crippen molar-refractivity contribution >= 4 is 0 Å². The summed E-state index contributed by atoms with van der Waals surface area (Å²) in [5.74, 6) is 1.50. The zero-order valence-electron chi connectivity index (χ0n) is 16.4. The van der Waals surface area contributed by atoms with Crippen LogP contribution in [0.3, 0.4) is 0 Å². The van der Waals surface area contributed by atoms with Gasteiger partial charge in [-0.3, -0.25) is 4.90 Å². The van der Waals surface area contributed by atoms with Gasteiger partial charge >= 0.3 is 0 Å². The van der Waals surface area contributed by atoms with Gasteiger partial charge in [-0.2, -0.15) is 4.98 Å². The average molecular weight is 405 g/mol. The van der Waals surface area contributed by atoms with Gasteiger partial charge in [0.25, 0.3) is 0 Å². The Bertz CT molecular complexity index is 1140. The fraction of sp³-hybridized carbons (Fsp3) is 0.227. The second-order valence-electron chi connectivity index (χ2n) is 7.26. The van der Waals surface area contributed by atoms with Crippen LogP contribution in [0.1, 0.15) is 28.9 Å². The van der Waals surface area contributed by atoms with E-state index in [9.17, 15) is 4.39 Å². The zero-order valence-corrected chi connectivity index (χ0v) is 16.4. The van der Waals surface area contributed by atoms with E-state index < -0.39 is 0 Å². The molecule has 152 valence electrons. The lowest BCUT2D eigenvalue weighted by molar-refractivity contribution is 0.128. The summed E-state index contributed by atoms with van der Waals surface area (Å²) in [5, 5.41) is 4.12. The average Bonchev–Trinajstić information content (AvgIpc) is 3.43. The fourth-order valence-corrected chi connectivity index (χ4v) is 3.75. The van der Waals surface area contributed by atoms with Crippen molar-refractivity contribution in [2.75, 3.05) is 7.11 Å². The number of hydrogen-bond acceptors (Lipinski definition) is 6. The summed E-state index contributed by atoms with van der Waals surface area (Å²) in [6.45, 7) is 1.40. The number of halogens is 1. The van der Waals surface area contributed by atoms with Crippen molar-refractivity contribution in [3.63, 3.8) is 0 Å². The van der Waals surface area contributed by atoms with Crippen molar-refractivity contribution in [1.29, 1.82) is 0 Å². The fourth-order valence-electron chi connectivity index (χ4n) is 3.75. The highest BCUT2D eigenvalue weighted by Gasteiger charge is 2.33. The third-order valence-corrected chi connectivity index (χ3v) is 5.37. The van der Waals surface area contributed by atoms with Gasteiger partial charge in [-0.05, 0) is 42.0 Å². The molecule has 30 heavy (non-hydrogen) atoms. The molecule has 1 aliphatic rings. The molecule has 1 atom stereocenters. The molecule has 3 heterocycles. The van der Waals surface area contributed by atoms with E-state index in [0.717, 1.165) is 22.7 Å². The highest BCUT2D eigenvalue weighted by molar-refractivity contribution is 5.53. The number of fused-ring (bicyclic) bond motifs is 1. The van der Waals surface area contributed by atoms with E-state index >= 15 is 0 Å². The topological polar surface area (TPSA) is 80.1 Å². The molecule has 0 aliphatic carbocycles. The van der Waals surface area contributed by atoms with E-state index in [2.05, 4.69) is 37.1 Å². The Hall–Kier alpha value is -3.52. The Kier molecular flexibility index (Phi) is 4.76. The van der Waals surface area contributed by atoms with Gasteiger partial charge in [0.2, 0.25) is 11.7 Å². The first-order valence-electron chi connectivity index (χ1n) is 9.67. The predicted molar refractivity (Wildman–Crippen MR) is 107 cm³/mol. The highest BCUT2D eigenvalue weighted by Crippen LogP contribution is 2.33. The molecule has 1 N–H and O–H groups in total. The maximum Gasteiger partial charge on any atom is 0.244 e. The third kappa shape index (κ3) is 3.57. The molecule has 5 rings (SSSR count). The van der Waals surface area contributed by atoms with Gasteiger partial charge in [0.15, 0.2) is 0 Å². The van der Waals surface area contributed by atoms with Gasteiger partial charge < -0.3 is 14.2 Å². The first-order chi connectivity index (χ1) is 14.7. The smallest absolute Gasteiger partial charge is 0.244 e. The van der Waals surface area contributed by atoms with Crippen molar-refractivity contribution < 1.29 is 13.7 Å². The monoisotopic (exact) mass is 405 g/mol. The lowest BCUT2D eigenvalue weighted by atomic mass is 10.0. The van der Waals surface area contributed by atoms with E-state index in [1.807, 2.05) is 12.1 Å². The lowest BCUT2D eigenvalue weighted by Crippen LogP contribution is -2.34. The Morgan fingerprint density at radius 2 is 1.97 bits per heavy atom. The van der Waals surface area contributed by atoms with Crippen LogP contribution in [-0.4, -0.2) is 32.1 Å². The number of methoxy groups -OCH3 is 1. The second-order valence-corrected chi connectivity index (χ2v) is 7.26. The van der Waals surface area contributed by atoms with Gasteiger partial charge in [-0.1, -0.05) is 17.3 Å². The molecule has 0 amide bonds. The predicted octanol–water partition coefficient (Wildman–Crippen LogP) is 3.91. The molecule has 1 aliphatic heterocycles. The molecule has 0 fully saturated rings. The van der Waals surface area contributed by atoms with Crippen LogP contribution in [0.4, 0.5) is 4.39 Å². The maximum absolute atomic E-state index is 13.2. The first kappa shape index (κ1) is 18.5. The van der Waals surface area contributed by atoms with Crippen molar-refractivity contribution in [2.24, 2.45) is 0 Å². The summed E-state index contributed by atoms with van der Waals surface area (Å²) in [5.41, 5.74) is 3.97. The van der Waals surface area contributed by atoms with Crippen LogP contribution in [0, 0.1) is 5.82 Å². The van der Waals surface area contributed by atoms with Crippen molar-refractivity contribution in [2.45, 2.75) is 25.6 Å². The van der Waals surface area contributed by atoms with Crippen LogP contribution < -0.4 is 4.74 Å². The minimum atomic E-state index is -0.300. The van der Waals surface area contributed by atoms with E-state index in [1.54, 1.807) is 25.6 Å². The van der Waals surface area contributed by atoms with Crippen LogP contribution in [-0.2, 0) is 19.5 Å². The lowest BCUT2D eigenvalue weighted by Gasteiger charge is -2.32. The number of imidazole rings is 1. The summed E-state index contributed by atoms with van der Waals surface area (Å²) >= 11 is 0.